The molecule has 2 N–H and O–H groups in total. The van der Waals surface area contributed by atoms with Gasteiger partial charge in [-0.15, -0.1) is 0 Å². The number of nitrogens with one attached hydrogen (secondary N) is 1. The van der Waals surface area contributed by atoms with Gasteiger partial charge >= 0.3 is 0 Å². The first-order valence-corrected chi connectivity index (χ1v) is 11.8. The number of carbonyl (C=O) groups excluding carboxylic acids is 1. The van der Waals surface area contributed by atoms with Gasteiger partial charge in [-0.3, -0.25) is 15.1 Å². The highest BCUT2D eigenvalue weighted by Crippen LogP contribution is 2.39. The van der Waals surface area contributed by atoms with Gasteiger partial charge in [-0.1, -0.05) is 66.7 Å². The first-order chi connectivity index (χ1) is 18.2. The van der Waals surface area contributed by atoms with Crippen LogP contribution >= 0.6 is 0 Å². The summed E-state index contributed by atoms with van der Waals surface area (Å²) in [4.78, 5) is 21.6. The quantitative estimate of drug-likeness (QED) is 0.271. The lowest BCUT2D eigenvalue weighted by Gasteiger charge is -2.09. The van der Waals surface area contributed by atoms with Crippen molar-refractivity contribution in [3.63, 3.8) is 0 Å². The fourth-order valence-corrected chi connectivity index (χ4v) is 4.34. The Morgan fingerprint density at radius 3 is 2.41 bits per heavy atom. The van der Waals surface area contributed by atoms with Gasteiger partial charge in [0.05, 0.1) is 5.56 Å². The maximum Gasteiger partial charge on any atom is 0.258 e. The predicted molar refractivity (Wildman–Crippen MR) is 144 cm³/mol. The summed E-state index contributed by atoms with van der Waals surface area (Å²) in [6.07, 6.45) is 3.30. The number of oxazole rings is 1. The number of phenols is 1. The number of benzene rings is 4. The van der Waals surface area contributed by atoms with Crippen LogP contribution in [0, 0.1) is 0 Å². The number of anilines is 1. The van der Waals surface area contributed by atoms with Gasteiger partial charge < -0.3 is 9.52 Å². The predicted octanol–water partition coefficient (Wildman–Crippen LogP) is 7.18. The number of aromatic nitrogens is 2. The molecule has 0 saturated carbocycles. The van der Waals surface area contributed by atoms with Gasteiger partial charge in [0, 0.05) is 23.5 Å². The van der Waals surface area contributed by atoms with Crippen molar-refractivity contribution in [2.75, 3.05) is 5.32 Å². The minimum absolute atomic E-state index is 0.0188. The highest BCUT2D eigenvalue weighted by atomic mass is 16.4. The molecule has 4 aromatic carbocycles. The third-order valence-electron chi connectivity index (χ3n) is 6.15. The topological polar surface area (TPSA) is 88.2 Å². The first-order valence-electron chi connectivity index (χ1n) is 11.8. The molecule has 0 atom stereocenters. The third kappa shape index (κ3) is 4.32. The fraction of sp³-hybridized carbons (Fsp3) is 0. The van der Waals surface area contributed by atoms with Gasteiger partial charge in [-0.25, -0.2) is 4.98 Å². The average Bonchev–Trinajstić information content (AvgIpc) is 3.37. The highest BCUT2D eigenvalue weighted by Gasteiger charge is 2.21. The van der Waals surface area contributed by atoms with E-state index in [0.717, 1.165) is 21.9 Å². The Bertz CT molecular complexity index is 1720. The second-order valence-corrected chi connectivity index (χ2v) is 8.52. The van der Waals surface area contributed by atoms with E-state index < -0.39 is 0 Å². The van der Waals surface area contributed by atoms with Crippen molar-refractivity contribution in [2.45, 2.75) is 0 Å². The number of hydrogen-bond acceptors (Lipinski definition) is 5. The van der Waals surface area contributed by atoms with E-state index in [1.807, 2.05) is 42.5 Å². The van der Waals surface area contributed by atoms with Gasteiger partial charge in [-0.2, -0.15) is 0 Å². The maximum atomic E-state index is 12.9. The lowest BCUT2D eigenvalue weighted by molar-refractivity contribution is 0.102. The van der Waals surface area contributed by atoms with E-state index in [2.05, 4.69) is 33.5 Å². The van der Waals surface area contributed by atoms with E-state index in [-0.39, 0.29) is 23.4 Å². The molecule has 0 aliphatic heterocycles. The van der Waals surface area contributed by atoms with E-state index in [1.54, 1.807) is 54.9 Å². The van der Waals surface area contributed by atoms with Crippen molar-refractivity contribution in [3.8, 4) is 39.6 Å². The molecule has 0 aliphatic carbocycles. The van der Waals surface area contributed by atoms with Crippen LogP contribution in [-0.4, -0.2) is 21.0 Å². The zero-order valence-electron chi connectivity index (χ0n) is 19.6. The molecule has 178 valence electrons. The zero-order valence-corrected chi connectivity index (χ0v) is 19.6. The molecule has 1 amide bonds. The Morgan fingerprint density at radius 2 is 1.59 bits per heavy atom. The fourth-order valence-electron chi connectivity index (χ4n) is 4.34. The summed E-state index contributed by atoms with van der Waals surface area (Å²) >= 11 is 0. The number of phenolic OH excluding ortho intramolecular Hbond substituents is 1. The molecular formula is C31H21N3O3. The van der Waals surface area contributed by atoms with Crippen LogP contribution in [0.2, 0.25) is 0 Å². The summed E-state index contributed by atoms with van der Waals surface area (Å²) < 4.78 is 6.01. The number of fused-ring (bicyclic) bond motifs is 1. The van der Waals surface area contributed by atoms with Crippen LogP contribution in [0.3, 0.4) is 0 Å². The molecule has 6 aromatic rings. The number of amides is 1. The lowest BCUT2D eigenvalue weighted by Crippen LogP contribution is -2.11. The third-order valence-corrected chi connectivity index (χ3v) is 6.15. The van der Waals surface area contributed by atoms with Crippen molar-refractivity contribution in [3.05, 3.63) is 121 Å². The molecule has 0 saturated heterocycles. The Labute approximate surface area is 212 Å². The number of rotatable bonds is 5. The smallest absolute Gasteiger partial charge is 0.258 e. The number of carbonyl (C=O) groups is 1. The van der Waals surface area contributed by atoms with Crippen LogP contribution in [0.15, 0.2) is 120 Å². The summed E-state index contributed by atoms with van der Waals surface area (Å²) in [5, 5.41) is 16.0. The number of pyridine rings is 1. The van der Waals surface area contributed by atoms with Gasteiger partial charge in [0.1, 0.15) is 11.4 Å². The summed E-state index contributed by atoms with van der Waals surface area (Å²) in [7, 11) is 0. The van der Waals surface area contributed by atoms with Crippen LogP contribution in [0.5, 0.6) is 5.75 Å². The summed E-state index contributed by atoms with van der Waals surface area (Å²) in [6.45, 7) is 0. The van der Waals surface area contributed by atoms with Crippen LogP contribution in [0.4, 0.5) is 5.88 Å². The molecule has 2 aromatic heterocycles. The highest BCUT2D eigenvalue weighted by molar-refractivity contribution is 6.05. The largest absolute Gasteiger partial charge is 0.507 e. The molecule has 0 unspecified atom stereocenters. The van der Waals surface area contributed by atoms with Crippen molar-refractivity contribution < 1.29 is 14.3 Å². The molecule has 0 aliphatic rings. The van der Waals surface area contributed by atoms with E-state index in [4.69, 9.17) is 4.42 Å². The first kappa shape index (κ1) is 22.2. The number of aromatic hydroxyl groups is 1. The van der Waals surface area contributed by atoms with Crippen molar-refractivity contribution >= 4 is 22.6 Å². The van der Waals surface area contributed by atoms with Gasteiger partial charge in [0.15, 0.2) is 0 Å². The number of hydrogen-bond donors (Lipinski definition) is 2. The monoisotopic (exact) mass is 483 g/mol. The molecule has 0 fully saturated rings. The molecule has 0 radical (unpaired) electrons. The van der Waals surface area contributed by atoms with Gasteiger partial charge in [0.25, 0.3) is 5.91 Å². The second-order valence-electron chi connectivity index (χ2n) is 8.52. The summed E-state index contributed by atoms with van der Waals surface area (Å²) in [6, 6.07) is 32.1. The van der Waals surface area contributed by atoms with E-state index in [1.165, 1.54) is 0 Å². The normalized spacial score (nSPS) is 10.9. The summed E-state index contributed by atoms with van der Waals surface area (Å²) in [5.74, 6) is 0.0490. The lowest BCUT2D eigenvalue weighted by atomic mass is 9.97. The van der Waals surface area contributed by atoms with Crippen molar-refractivity contribution in [1.82, 2.24) is 9.97 Å². The van der Waals surface area contributed by atoms with Crippen LogP contribution < -0.4 is 5.32 Å². The standard InChI is InChI=1S/C31H21N3O3/c35-27-18-22(25-14-6-11-20-8-4-5-13-24(20)25)15-16-26(27)30-33-28(23-12-7-17-32-19-23)31(37-30)34-29(36)21-9-2-1-3-10-21/h1-19,35H,(H,34,36). The van der Waals surface area contributed by atoms with Crippen LogP contribution in [-0.2, 0) is 0 Å². The zero-order chi connectivity index (χ0) is 25.2. The minimum atomic E-state index is -0.330. The van der Waals surface area contributed by atoms with Crippen molar-refractivity contribution in [1.29, 1.82) is 0 Å². The molecule has 2 heterocycles. The Morgan fingerprint density at radius 1 is 0.784 bits per heavy atom. The molecule has 0 spiro atoms. The van der Waals surface area contributed by atoms with Crippen LogP contribution in [0.1, 0.15) is 10.4 Å². The second kappa shape index (κ2) is 9.43. The van der Waals surface area contributed by atoms with Gasteiger partial charge in [0.2, 0.25) is 11.8 Å². The van der Waals surface area contributed by atoms with E-state index >= 15 is 0 Å². The van der Waals surface area contributed by atoms with Gasteiger partial charge in [-0.05, 0) is 58.3 Å². The Kier molecular flexibility index (Phi) is 5.67. The minimum Gasteiger partial charge on any atom is -0.507 e. The molecule has 6 rings (SSSR count). The average molecular weight is 484 g/mol. The summed E-state index contributed by atoms with van der Waals surface area (Å²) in [5.41, 5.74) is 3.88. The number of nitrogens with zero attached hydrogens (tertiary/aromatic N) is 2. The molecule has 6 heteroatoms. The molecule has 6 nitrogen and oxygen atoms in total. The van der Waals surface area contributed by atoms with Crippen LogP contribution in [0.25, 0.3) is 44.6 Å². The Hall–Kier alpha value is -5.23. The molecule has 0 bridgehead atoms. The Balaban J connectivity index is 1.40. The maximum absolute atomic E-state index is 12.9. The molecular weight excluding hydrogens is 462 g/mol. The molecule has 37 heavy (non-hydrogen) atoms. The van der Waals surface area contributed by atoms with Crippen molar-refractivity contribution in [2.24, 2.45) is 0 Å². The SMILES string of the molecule is O=C(Nc1oc(-c2ccc(-c3cccc4ccccc34)cc2O)nc1-c1cccnc1)c1ccccc1. The van der Waals surface area contributed by atoms with E-state index in [0.29, 0.717) is 22.4 Å². The van der Waals surface area contributed by atoms with E-state index in [9.17, 15) is 9.90 Å².